The van der Waals surface area contributed by atoms with Gasteiger partial charge >= 0.3 is 11.7 Å². The molecule has 0 N–H and O–H groups in total. The first kappa shape index (κ1) is 25.8. The molecule has 0 saturated heterocycles. The van der Waals surface area contributed by atoms with Crippen LogP contribution < -0.4 is 11.2 Å². The van der Waals surface area contributed by atoms with Crippen molar-refractivity contribution >= 4 is 39.1 Å². The van der Waals surface area contributed by atoms with E-state index in [1.807, 2.05) is 0 Å². The van der Waals surface area contributed by atoms with Crippen LogP contribution in [0, 0.1) is 6.92 Å². The normalized spacial score (nSPS) is 11.6. The molecule has 0 unspecified atom stereocenters. The summed E-state index contributed by atoms with van der Waals surface area (Å²) >= 11 is 7.17. The maximum absolute atomic E-state index is 13.4. The lowest BCUT2D eigenvalue weighted by atomic mass is 10.1. The van der Waals surface area contributed by atoms with Crippen molar-refractivity contribution in [2.24, 2.45) is 0 Å². The van der Waals surface area contributed by atoms with Crippen LogP contribution in [0.3, 0.4) is 0 Å². The van der Waals surface area contributed by atoms with E-state index in [1.165, 1.54) is 4.57 Å². The van der Waals surface area contributed by atoms with E-state index in [0.29, 0.717) is 23.1 Å². The Balaban J connectivity index is 2.16. The molecule has 0 aliphatic heterocycles. The zero-order valence-electron chi connectivity index (χ0n) is 19.3. The third-order valence-electron chi connectivity index (χ3n) is 5.09. The minimum atomic E-state index is -1.85. The number of allylic oxidation sites excluding steroid dienone is 1. The van der Waals surface area contributed by atoms with Gasteiger partial charge in [0.15, 0.2) is 0 Å². The Hall–Kier alpha value is -2.78. The monoisotopic (exact) mass is 510 g/mol. The number of rotatable bonds is 7. The first-order valence-electron chi connectivity index (χ1n) is 10.7. The second kappa shape index (κ2) is 10.2. The average molecular weight is 511 g/mol. The average Bonchev–Trinajstić information content (AvgIpc) is 3.07. The van der Waals surface area contributed by atoms with E-state index >= 15 is 0 Å². The molecular weight excluding hydrogens is 486 g/mol. The Morgan fingerprint density at radius 3 is 2.44 bits per heavy atom. The topological polar surface area (TPSA) is 70.3 Å². The lowest BCUT2D eigenvalue weighted by molar-refractivity contribution is 0.00746. The first-order valence-corrected chi connectivity index (χ1v) is 11.8. The molecular formula is C24H25ClF2N2O4S. The third-order valence-corrected chi connectivity index (χ3v) is 6.76. The lowest BCUT2D eigenvalue weighted by Gasteiger charge is -2.19. The van der Waals surface area contributed by atoms with Gasteiger partial charge in [-0.15, -0.1) is 11.3 Å². The molecule has 0 atom stereocenters. The van der Waals surface area contributed by atoms with Crippen LogP contribution in [0.15, 0.2) is 46.0 Å². The van der Waals surface area contributed by atoms with Crippen LogP contribution in [-0.4, -0.2) is 20.7 Å². The second-order valence-corrected chi connectivity index (χ2v) is 10.2. The number of aromatic nitrogens is 2. The zero-order valence-corrected chi connectivity index (χ0v) is 20.9. The number of esters is 1. The van der Waals surface area contributed by atoms with Gasteiger partial charge in [-0.1, -0.05) is 29.8 Å². The predicted molar refractivity (Wildman–Crippen MR) is 130 cm³/mol. The molecule has 182 valence electrons. The molecule has 0 bridgehead atoms. The minimum Gasteiger partial charge on any atom is -0.456 e. The molecule has 2 heterocycles. The molecule has 1 aromatic carbocycles. The highest BCUT2D eigenvalue weighted by Gasteiger charge is 2.26. The summed E-state index contributed by atoms with van der Waals surface area (Å²) in [5.41, 5.74) is -0.765. The van der Waals surface area contributed by atoms with Crippen LogP contribution in [0.5, 0.6) is 0 Å². The van der Waals surface area contributed by atoms with E-state index in [0.717, 1.165) is 21.5 Å². The van der Waals surface area contributed by atoms with Gasteiger partial charge in [0.1, 0.15) is 15.3 Å². The summed E-state index contributed by atoms with van der Waals surface area (Å²) < 4.78 is 33.0. The van der Waals surface area contributed by atoms with Crippen LogP contribution in [-0.2, 0) is 24.2 Å². The van der Waals surface area contributed by atoms with Gasteiger partial charge in [-0.05, 0) is 63.8 Å². The zero-order chi connectivity index (χ0) is 25.2. The summed E-state index contributed by atoms with van der Waals surface area (Å²) in [5.74, 6) is -0.609. The highest BCUT2D eigenvalue weighted by Crippen LogP contribution is 2.30. The molecule has 3 rings (SSSR count). The Bertz CT molecular complexity index is 1380. The maximum atomic E-state index is 13.4. The van der Waals surface area contributed by atoms with Crippen molar-refractivity contribution in [1.82, 2.24) is 9.13 Å². The third kappa shape index (κ3) is 5.64. The van der Waals surface area contributed by atoms with Gasteiger partial charge in [0, 0.05) is 18.1 Å². The van der Waals surface area contributed by atoms with E-state index in [-0.39, 0.29) is 34.6 Å². The maximum Gasteiger partial charge on any atom is 0.349 e. The largest absolute Gasteiger partial charge is 0.456 e. The summed E-state index contributed by atoms with van der Waals surface area (Å²) in [6.45, 7) is 6.76. The van der Waals surface area contributed by atoms with Crippen LogP contribution in [0.2, 0.25) is 5.02 Å². The molecule has 0 fully saturated rings. The Morgan fingerprint density at radius 1 is 1.15 bits per heavy atom. The molecule has 0 amide bonds. The fraction of sp³-hybridized carbons (Fsp3) is 0.375. The highest BCUT2D eigenvalue weighted by molar-refractivity contribution is 7.20. The molecule has 3 aromatic rings. The van der Waals surface area contributed by atoms with Crippen molar-refractivity contribution in [2.45, 2.75) is 59.2 Å². The number of carbonyl (C=O) groups is 1. The van der Waals surface area contributed by atoms with Crippen LogP contribution in [0.1, 0.15) is 48.0 Å². The SMILES string of the molecule is Cc1c(C(=O)OC(C)(C)C)sc2c1c(=O)n(CCc1ccccc1Cl)c(=O)n2CCC=C(F)F. The van der Waals surface area contributed by atoms with E-state index in [1.54, 1.807) is 52.0 Å². The number of hydrogen-bond acceptors (Lipinski definition) is 5. The number of halogens is 3. The number of hydrogen-bond donors (Lipinski definition) is 0. The van der Waals surface area contributed by atoms with Gasteiger partial charge < -0.3 is 4.74 Å². The van der Waals surface area contributed by atoms with E-state index < -0.39 is 28.9 Å². The van der Waals surface area contributed by atoms with Crippen molar-refractivity contribution < 1.29 is 18.3 Å². The summed E-state index contributed by atoms with van der Waals surface area (Å²) in [7, 11) is 0. The number of carbonyl (C=O) groups excluding carboxylic acids is 1. The van der Waals surface area contributed by atoms with Crippen molar-refractivity contribution in [3.05, 3.63) is 78.3 Å². The molecule has 0 spiro atoms. The number of thiophene rings is 1. The molecule has 0 aliphatic carbocycles. The Labute approximate surface area is 204 Å². The quantitative estimate of drug-likeness (QED) is 0.390. The predicted octanol–water partition coefficient (Wildman–Crippen LogP) is 5.56. The highest BCUT2D eigenvalue weighted by atomic mass is 35.5. The number of nitrogens with zero attached hydrogens (tertiary/aromatic N) is 2. The van der Waals surface area contributed by atoms with Crippen molar-refractivity contribution in [1.29, 1.82) is 0 Å². The smallest absolute Gasteiger partial charge is 0.349 e. The Morgan fingerprint density at radius 2 is 1.82 bits per heavy atom. The minimum absolute atomic E-state index is 0.0434. The van der Waals surface area contributed by atoms with Gasteiger partial charge in [-0.25, -0.2) is 9.59 Å². The molecule has 0 radical (unpaired) electrons. The summed E-state index contributed by atoms with van der Waals surface area (Å²) in [5, 5.41) is 0.716. The molecule has 10 heteroatoms. The Kier molecular flexibility index (Phi) is 7.77. The number of fused-ring (bicyclic) bond motifs is 1. The van der Waals surface area contributed by atoms with Crippen molar-refractivity contribution in [3.63, 3.8) is 0 Å². The molecule has 2 aromatic heterocycles. The fourth-order valence-electron chi connectivity index (χ4n) is 3.54. The lowest BCUT2D eigenvalue weighted by Crippen LogP contribution is -2.40. The van der Waals surface area contributed by atoms with Gasteiger partial charge in [0.25, 0.3) is 11.6 Å². The van der Waals surface area contributed by atoms with E-state index in [2.05, 4.69) is 0 Å². The van der Waals surface area contributed by atoms with Crippen LogP contribution in [0.25, 0.3) is 10.2 Å². The van der Waals surface area contributed by atoms with E-state index in [9.17, 15) is 23.2 Å². The molecule has 0 aliphatic rings. The van der Waals surface area contributed by atoms with Crippen LogP contribution >= 0.6 is 22.9 Å². The summed E-state index contributed by atoms with van der Waals surface area (Å²) in [6.07, 6.45) is -0.930. The van der Waals surface area contributed by atoms with Gasteiger partial charge in [-0.2, -0.15) is 8.78 Å². The van der Waals surface area contributed by atoms with E-state index in [4.69, 9.17) is 16.3 Å². The molecule has 34 heavy (non-hydrogen) atoms. The number of ether oxygens (including phenoxy) is 1. The van der Waals surface area contributed by atoms with Gasteiger partial charge in [0.2, 0.25) is 0 Å². The van der Waals surface area contributed by atoms with Gasteiger partial charge in [-0.3, -0.25) is 13.9 Å². The number of benzene rings is 1. The summed E-state index contributed by atoms with van der Waals surface area (Å²) in [4.78, 5) is 39.9. The molecule has 6 nitrogen and oxygen atoms in total. The standard InChI is InChI=1S/C24H25ClF2N2O4S/c1-14-18-20(30)28(13-11-15-8-5-6-9-16(15)25)23(32)29(12-7-10-17(26)27)21(18)34-19(14)22(31)33-24(2,3)4/h5-6,8-10H,7,11-13H2,1-4H3. The number of aryl methyl sites for hydroxylation is 3. The second-order valence-electron chi connectivity index (χ2n) is 8.75. The van der Waals surface area contributed by atoms with Gasteiger partial charge in [0.05, 0.1) is 5.39 Å². The first-order chi connectivity index (χ1) is 15.9. The van der Waals surface area contributed by atoms with Crippen LogP contribution in [0.4, 0.5) is 8.78 Å². The fourth-order valence-corrected chi connectivity index (χ4v) is 4.97. The van der Waals surface area contributed by atoms with Crippen molar-refractivity contribution in [2.75, 3.05) is 0 Å². The van der Waals surface area contributed by atoms with Crippen molar-refractivity contribution in [3.8, 4) is 0 Å². The molecule has 0 saturated carbocycles. The summed E-state index contributed by atoms with van der Waals surface area (Å²) in [6, 6.07) is 7.10.